The normalized spacial score (nSPS) is 12.4. The van der Waals surface area contributed by atoms with Gasteiger partial charge in [0.05, 0.1) is 25.4 Å². The van der Waals surface area contributed by atoms with Gasteiger partial charge in [-0.25, -0.2) is 0 Å². The van der Waals surface area contributed by atoms with E-state index >= 15 is 0 Å². The summed E-state index contributed by atoms with van der Waals surface area (Å²) in [6, 6.07) is 8.15. The zero-order valence-corrected chi connectivity index (χ0v) is 13.4. The molecule has 21 heavy (non-hydrogen) atoms. The summed E-state index contributed by atoms with van der Waals surface area (Å²) in [5.41, 5.74) is 11.0. The molecule has 0 radical (unpaired) electrons. The molecule has 0 amide bonds. The minimum Gasteiger partial charge on any atom is -0.496 e. The third-order valence-electron chi connectivity index (χ3n) is 3.79. The van der Waals surface area contributed by atoms with Crippen LogP contribution in [0.25, 0.3) is 0 Å². The average molecular weight is 287 g/mol. The van der Waals surface area contributed by atoms with Crippen molar-refractivity contribution in [3.05, 3.63) is 46.8 Å². The van der Waals surface area contributed by atoms with E-state index in [1.54, 1.807) is 7.11 Å². The lowest BCUT2D eigenvalue weighted by atomic mass is 10.0. The molecule has 2 rings (SSSR count). The molecule has 0 spiro atoms. The molecule has 2 N–H and O–H groups in total. The summed E-state index contributed by atoms with van der Waals surface area (Å²) >= 11 is 0. The van der Waals surface area contributed by atoms with Crippen LogP contribution in [0.3, 0.4) is 0 Å². The van der Waals surface area contributed by atoms with Gasteiger partial charge in [0.2, 0.25) is 0 Å². The second-order valence-electron chi connectivity index (χ2n) is 5.37. The fourth-order valence-electron chi connectivity index (χ4n) is 2.56. The molecule has 0 bridgehead atoms. The molecule has 114 valence electrons. The first kappa shape index (κ1) is 15.6. The molecule has 0 aliphatic carbocycles. The molecule has 0 fully saturated rings. The highest BCUT2D eigenvalue weighted by Crippen LogP contribution is 2.26. The third-order valence-corrected chi connectivity index (χ3v) is 3.79. The van der Waals surface area contributed by atoms with Crippen molar-refractivity contribution in [1.29, 1.82) is 0 Å². The van der Waals surface area contributed by atoms with Gasteiger partial charge in [0, 0.05) is 11.3 Å². The minimum atomic E-state index is -0.130. The summed E-state index contributed by atoms with van der Waals surface area (Å²) in [6.45, 7) is 7.00. The Bertz CT molecular complexity index is 604. The average Bonchev–Trinajstić information content (AvgIpc) is 2.89. The number of rotatable bonds is 6. The van der Waals surface area contributed by atoms with Crippen molar-refractivity contribution in [3.63, 3.8) is 0 Å². The number of nitrogens with two attached hydrogens (primary N) is 1. The summed E-state index contributed by atoms with van der Waals surface area (Å²) in [5.74, 6) is 0.842. The molecule has 1 heterocycles. The molecule has 1 atom stereocenters. The predicted molar refractivity (Wildman–Crippen MR) is 85.6 cm³/mol. The fourth-order valence-corrected chi connectivity index (χ4v) is 2.56. The van der Waals surface area contributed by atoms with Crippen molar-refractivity contribution < 1.29 is 4.74 Å². The second-order valence-corrected chi connectivity index (χ2v) is 5.37. The van der Waals surface area contributed by atoms with Gasteiger partial charge < -0.3 is 10.5 Å². The molecule has 1 aromatic carbocycles. The van der Waals surface area contributed by atoms with Crippen molar-refractivity contribution in [3.8, 4) is 5.75 Å². The van der Waals surface area contributed by atoms with Crippen LogP contribution < -0.4 is 10.5 Å². The largest absolute Gasteiger partial charge is 0.496 e. The second kappa shape index (κ2) is 6.76. The van der Waals surface area contributed by atoms with Crippen molar-refractivity contribution >= 4 is 0 Å². The predicted octanol–water partition coefficient (Wildman–Crippen LogP) is 3.02. The Hall–Kier alpha value is -1.81. The van der Waals surface area contributed by atoms with Gasteiger partial charge in [0.1, 0.15) is 5.75 Å². The molecule has 4 heteroatoms. The Morgan fingerprint density at radius 3 is 2.62 bits per heavy atom. The van der Waals surface area contributed by atoms with Crippen molar-refractivity contribution in [2.45, 2.75) is 46.2 Å². The highest BCUT2D eigenvalue weighted by molar-refractivity contribution is 5.39. The number of hydrogen-bond donors (Lipinski definition) is 1. The van der Waals surface area contributed by atoms with Crippen LogP contribution in [0.1, 0.15) is 42.4 Å². The van der Waals surface area contributed by atoms with Crippen LogP contribution in [0.15, 0.2) is 24.3 Å². The van der Waals surface area contributed by atoms with Gasteiger partial charge in [-0.15, -0.1) is 0 Å². The number of aromatic nitrogens is 2. The molecule has 0 aliphatic rings. The lowest BCUT2D eigenvalue weighted by Crippen LogP contribution is -2.20. The first-order valence-corrected chi connectivity index (χ1v) is 7.54. The first-order chi connectivity index (χ1) is 10.1. The van der Waals surface area contributed by atoms with Gasteiger partial charge in [-0.2, -0.15) is 5.10 Å². The van der Waals surface area contributed by atoms with Crippen molar-refractivity contribution in [2.75, 3.05) is 7.11 Å². The van der Waals surface area contributed by atoms with Crippen LogP contribution in [0.2, 0.25) is 0 Å². The van der Waals surface area contributed by atoms with Gasteiger partial charge in [0.15, 0.2) is 0 Å². The van der Waals surface area contributed by atoms with Crippen LogP contribution in [0.4, 0.5) is 0 Å². The number of nitrogens with zero attached hydrogens (tertiary/aromatic N) is 2. The summed E-state index contributed by atoms with van der Waals surface area (Å²) in [5, 5.41) is 4.64. The molecule has 0 saturated heterocycles. The van der Waals surface area contributed by atoms with Crippen LogP contribution in [0, 0.1) is 6.92 Å². The van der Waals surface area contributed by atoms with E-state index in [0.717, 1.165) is 29.8 Å². The van der Waals surface area contributed by atoms with E-state index in [9.17, 15) is 0 Å². The summed E-state index contributed by atoms with van der Waals surface area (Å²) in [7, 11) is 1.68. The van der Waals surface area contributed by atoms with E-state index in [2.05, 4.69) is 38.0 Å². The lowest BCUT2D eigenvalue weighted by Gasteiger charge is -2.17. The highest BCUT2D eigenvalue weighted by atomic mass is 16.5. The van der Waals surface area contributed by atoms with E-state index in [4.69, 9.17) is 10.5 Å². The Kier molecular flexibility index (Phi) is 5.02. The van der Waals surface area contributed by atoms with Crippen molar-refractivity contribution in [2.24, 2.45) is 5.73 Å². The Morgan fingerprint density at radius 2 is 2.00 bits per heavy atom. The molecule has 1 unspecified atom stereocenters. The Morgan fingerprint density at radius 1 is 1.24 bits per heavy atom. The van der Waals surface area contributed by atoms with E-state index < -0.39 is 0 Å². The van der Waals surface area contributed by atoms with E-state index in [-0.39, 0.29) is 6.04 Å². The fraction of sp³-hybridized carbons (Fsp3) is 0.471. The molecule has 0 saturated carbocycles. The highest BCUT2D eigenvalue weighted by Gasteiger charge is 2.15. The standard InChI is InChI=1S/C17H25N3O/c1-5-13-10-14(6-2)20(19-13)11-16(18)15-9-12(3)7-8-17(15)21-4/h7-10,16H,5-6,11,18H2,1-4H3. The van der Waals surface area contributed by atoms with Crippen LogP contribution >= 0.6 is 0 Å². The lowest BCUT2D eigenvalue weighted by molar-refractivity contribution is 0.399. The smallest absolute Gasteiger partial charge is 0.123 e. The van der Waals surface area contributed by atoms with E-state index in [1.165, 1.54) is 11.3 Å². The summed E-state index contributed by atoms with van der Waals surface area (Å²) in [4.78, 5) is 0. The maximum atomic E-state index is 6.41. The number of methoxy groups -OCH3 is 1. The Labute approximate surface area is 126 Å². The molecular weight excluding hydrogens is 262 g/mol. The number of ether oxygens (including phenoxy) is 1. The van der Waals surface area contributed by atoms with Crippen LogP contribution in [-0.4, -0.2) is 16.9 Å². The molecule has 2 aromatic rings. The topological polar surface area (TPSA) is 53.1 Å². The van der Waals surface area contributed by atoms with Gasteiger partial charge in [0.25, 0.3) is 0 Å². The Balaban J connectivity index is 2.27. The molecule has 0 aliphatic heterocycles. The van der Waals surface area contributed by atoms with Gasteiger partial charge in [-0.3, -0.25) is 4.68 Å². The van der Waals surface area contributed by atoms with Crippen LogP contribution in [-0.2, 0) is 19.4 Å². The summed E-state index contributed by atoms with van der Waals surface area (Å²) < 4.78 is 7.47. The molecular formula is C17H25N3O. The number of benzene rings is 1. The first-order valence-electron chi connectivity index (χ1n) is 7.54. The molecule has 4 nitrogen and oxygen atoms in total. The third kappa shape index (κ3) is 3.45. The van der Waals surface area contributed by atoms with E-state index in [0.29, 0.717) is 6.54 Å². The van der Waals surface area contributed by atoms with Crippen molar-refractivity contribution in [1.82, 2.24) is 9.78 Å². The summed E-state index contributed by atoms with van der Waals surface area (Å²) in [6.07, 6.45) is 1.91. The monoisotopic (exact) mass is 287 g/mol. The number of hydrogen-bond acceptors (Lipinski definition) is 3. The SMILES string of the molecule is CCc1cc(CC)n(CC(N)c2cc(C)ccc2OC)n1. The van der Waals surface area contributed by atoms with E-state index in [1.807, 2.05) is 16.8 Å². The van der Waals surface area contributed by atoms with Crippen LogP contribution in [0.5, 0.6) is 5.75 Å². The number of aryl methyl sites for hydroxylation is 3. The van der Waals surface area contributed by atoms with Gasteiger partial charge >= 0.3 is 0 Å². The van der Waals surface area contributed by atoms with Gasteiger partial charge in [-0.05, 0) is 31.9 Å². The zero-order chi connectivity index (χ0) is 15.4. The zero-order valence-electron chi connectivity index (χ0n) is 13.4. The maximum absolute atomic E-state index is 6.41. The minimum absolute atomic E-state index is 0.130. The maximum Gasteiger partial charge on any atom is 0.123 e. The quantitative estimate of drug-likeness (QED) is 0.888. The van der Waals surface area contributed by atoms with Gasteiger partial charge in [-0.1, -0.05) is 31.5 Å². The molecule has 1 aromatic heterocycles.